The molecule has 19 heavy (non-hydrogen) atoms. The number of halogens is 1. The molecule has 1 aromatic rings. The van der Waals surface area contributed by atoms with Crippen molar-refractivity contribution in [2.24, 2.45) is 0 Å². The van der Waals surface area contributed by atoms with Crippen molar-refractivity contribution < 1.29 is 18.7 Å². The summed E-state index contributed by atoms with van der Waals surface area (Å²) in [6, 6.07) is 4.32. The lowest BCUT2D eigenvalue weighted by atomic mass is 10.2. The highest BCUT2D eigenvalue weighted by Gasteiger charge is 2.29. The van der Waals surface area contributed by atoms with Crippen molar-refractivity contribution in [3.8, 4) is 5.75 Å². The minimum atomic E-state index is -0.574. The Hall–Kier alpha value is -1.62. The number of benzene rings is 1. The first-order chi connectivity index (χ1) is 9.20. The van der Waals surface area contributed by atoms with Gasteiger partial charge in [-0.05, 0) is 31.2 Å². The van der Waals surface area contributed by atoms with Gasteiger partial charge in [0.25, 0.3) is 0 Å². The lowest BCUT2D eigenvalue weighted by molar-refractivity contribution is -0.143. The number of cyclic esters (lactones) is 1. The molecule has 2 rings (SSSR count). The third-order valence-corrected chi connectivity index (χ3v) is 2.92. The molecule has 0 aliphatic carbocycles. The van der Waals surface area contributed by atoms with Gasteiger partial charge in [0.05, 0.1) is 6.61 Å². The summed E-state index contributed by atoms with van der Waals surface area (Å²) < 4.78 is 23.7. The minimum absolute atomic E-state index is 0.311. The summed E-state index contributed by atoms with van der Waals surface area (Å²) in [4.78, 5) is 11.4. The Bertz CT molecular complexity index is 450. The highest BCUT2D eigenvalue weighted by molar-refractivity contribution is 5.76. The number of nitrogens with one attached hydrogen (secondary N) is 1. The van der Waals surface area contributed by atoms with Crippen molar-refractivity contribution in [2.75, 3.05) is 13.2 Å². The number of carbonyl (C=O) groups is 1. The second-order valence-corrected chi connectivity index (χ2v) is 4.49. The molecule has 1 aliphatic heterocycles. The van der Waals surface area contributed by atoms with Crippen LogP contribution in [-0.2, 0) is 16.1 Å². The second kappa shape index (κ2) is 6.52. The van der Waals surface area contributed by atoms with E-state index in [1.165, 1.54) is 12.1 Å². The molecule has 5 heteroatoms. The zero-order valence-corrected chi connectivity index (χ0v) is 10.9. The Morgan fingerprint density at radius 2 is 2.37 bits per heavy atom. The maximum absolute atomic E-state index is 13.3. The van der Waals surface area contributed by atoms with E-state index in [4.69, 9.17) is 9.47 Å². The van der Waals surface area contributed by atoms with Crippen LogP contribution in [0.4, 0.5) is 4.39 Å². The third-order valence-electron chi connectivity index (χ3n) is 2.92. The zero-order valence-electron chi connectivity index (χ0n) is 10.9. The van der Waals surface area contributed by atoms with E-state index >= 15 is 0 Å². The van der Waals surface area contributed by atoms with Crippen LogP contribution in [-0.4, -0.2) is 25.2 Å². The predicted octanol–water partition coefficient (Wildman–Crippen LogP) is 2.02. The van der Waals surface area contributed by atoms with Crippen LogP contribution in [0.15, 0.2) is 18.2 Å². The van der Waals surface area contributed by atoms with Crippen LogP contribution in [0.3, 0.4) is 0 Å². The van der Waals surface area contributed by atoms with Crippen LogP contribution < -0.4 is 10.1 Å². The van der Waals surface area contributed by atoms with Crippen LogP contribution in [0.25, 0.3) is 0 Å². The number of esters is 1. The van der Waals surface area contributed by atoms with E-state index in [0.29, 0.717) is 30.9 Å². The fourth-order valence-electron chi connectivity index (χ4n) is 1.94. The third kappa shape index (κ3) is 3.67. The molecule has 1 atom stereocenters. The number of hydrogen-bond acceptors (Lipinski definition) is 4. The molecule has 0 aromatic heterocycles. The van der Waals surface area contributed by atoms with Gasteiger partial charge in [0.1, 0.15) is 11.6 Å². The monoisotopic (exact) mass is 267 g/mol. The number of carbonyl (C=O) groups excluding carboxylic acids is 1. The van der Waals surface area contributed by atoms with Gasteiger partial charge in [-0.3, -0.25) is 0 Å². The molecule has 1 fully saturated rings. The van der Waals surface area contributed by atoms with E-state index in [-0.39, 0.29) is 11.8 Å². The molecule has 0 bridgehead atoms. The van der Waals surface area contributed by atoms with E-state index in [2.05, 4.69) is 12.2 Å². The maximum Gasteiger partial charge on any atom is 0.347 e. The van der Waals surface area contributed by atoms with Crippen LogP contribution in [0.1, 0.15) is 25.3 Å². The highest BCUT2D eigenvalue weighted by Crippen LogP contribution is 2.23. The largest absolute Gasteiger partial charge is 0.478 e. The second-order valence-electron chi connectivity index (χ2n) is 4.49. The van der Waals surface area contributed by atoms with Crippen LogP contribution >= 0.6 is 0 Å². The highest BCUT2D eigenvalue weighted by atomic mass is 19.1. The summed E-state index contributed by atoms with van der Waals surface area (Å²) in [5.74, 6) is -0.125. The summed E-state index contributed by atoms with van der Waals surface area (Å²) in [7, 11) is 0. The van der Waals surface area contributed by atoms with E-state index < -0.39 is 6.10 Å². The molecule has 1 heterocycles. The molecule has 1 unspecified atom stereocenters. The molecule has 1 N–H and O–H groups in total. The minimum Gasteiger partial charge on any atom is -0.478 e. The van der Waals surface area contributed by atoms with Gasteiger partial charge < -0.3 is 14.8 Å². The normalized spacial score (nSPS) is 18.4. The topological polar surface area (TPSA) is 47.6 Å². The van der Waals surface area contributed by atoms with Crippen LogP contribution in [0, 0.1) is 5.82 Å². The molecule has 4 nitrogen and oxygen atoms in total. The molecule has 1 saturated heterocycles. The van der Waals surface area contributed by atoms with Crippen LogP contribution in [0.5, 0.6) is 5.75 Å². The summed E-state index contributed by atoms with van der Waals surface area (Å²) in [6.07, 6.45) is 0.966. The first-order valence-electron chi connectivity index (χ1n) is 6.53. The molecule has 0 spiro atoms. The van der Waals surface area contributed by atoms with Crippen molar-refractivity contribution in [1.29, 1.82) is 0 Å². The standard InChI is InChI=1S/C14H18FNO3/c1-2-6-16-9-10-8-11(15)3-4-12(10)19-13-5-7-18-14(13)17/h3-4,8,13,16H,2,5-7,9H2,1H3. The fourth-order valence-corrected chi connectivity index (χ4v) is 1.94. The Labute approximate surface area is 111 Å². The average molecular weight is 267 g/mol. The van der Waals surface area contributed by atoms with Gasteiger partial charge in [0.15, 0.2) is 6.10 Å². The Morgan fingerprint density at radius 1 is 1.53 bits per heavy atom. The summed E-state index contributed by atoms with van der Waals surface area (Å²) in [5, 5.41) is 3.19. The van der Waals surface area contributed by atoms with Gasteiger partial charge in [-0.2, -0.15) is 0 Å². The van der Waals surface area contributed by atoms with Gasteiger partial charge in [-0.25, -0.2) is 9.18 Å². The Balaban J connectivity index is 2.07. The Morgan fingerprint density at radius 3 is 3.05 bits per heavy atom. The predicted molar refractivity (Wildman–Crippen MR) is 68.4 cm³/mol. The summed E-state index contributed by atoms with van der Waals surface area (Å²) in [6.45, 7) is 3.81. The molecule has 1 aromatic carbocycles. The number of ether oxygens (including phenoxy) is 2. The quantitative estimate of drug-likeness (QED) is 0.633. The van der Waals surface area contributed by atoms with Gasteiger partial charge >= 0.3 is 5.97 Å². The molecular formula is C14H18FNO3. The first kappa shape index (κ1) is 13.8. The van der Waals surface area contributed by atoms with Crippen molar-refractivity contribution in [2.45, 2.75) is 32.4 Å². The van der Waals surface area contributed by atoms with Gasteiger partial charge in [0.2, 0.25) is 0 Å². The van der Waals surface area contributed by atoms with Crippen molar-refractivity contribution >= 4 is 5.97 Å². The van der Waals surface area contributed by atoms with E-state index in [9.17, 15) is 9.18 Å². The van der Waals surface area contributed by atoms with Gasteiger partial charge in [-0.1, -0.05) is 6.92 Å². The van der Waals surface area contributed by atoms with Gasteiger partial charge in [0, 0.05) is 18.5 Å². The number of hydrogen-bond donors (Lipinski definition) is 1. The van der Waals surface area contributed by atoms with E-state index in [1.54, 1.807) is 6.07 Å². The van der Waals surface area contributed by atoms with Crippen molar-refractivity contribution in [3.05, 3.63) is 29.6 Å². The lowest BCUT2D eigenvalue weighted by Crippen LogP contribution is -2.23. The summed E-state index contributed by atoms with van der Waals surface area (Å²) in [5.41, 5.74) is 0.716. The SMILES string of the molecule is CCCNCc1cc(F)ccc1OC1CCOC1=O. The van der Waals surface area contributed by atoms with Crippen LogP contribution in [0.2, 0.25) is 0 Å². The first-order valence-corrected chi connectivity index (χ1v) is 6.53. The van der Waals surface area contributed by atoms with Crippen molar-refractivity contribution in [1.82, 2.24) is 5.32 Å². The summed E-state index contributed by atoms with van der Waals surface area (Å²) >= 11 is 0. The molecule has 1 aliphatic rings. The molecule has 0 saturated carbocycles. The van der Waals surface area contributed by atoms with E-state index in [0.717, 1.165) is 13.0 Å². The zero-order chi connectivity index (χ0) is 13.7. The molecule has 0 radical (unpaired) electrons. The number of rotatable bonds is 6. The molecule has 0 amide bonds. The smallest absolute Gasteiger partial charge is 0.347 e. The Kier molecular flexibility index (Phi) is 4.74. The molecular weight excluding hydrogens is 249 g/mol. The fraction of sp³-hybridized carbons (Fsp3) is 0.500. The van der Waals surface area contributed by atoms with Crippen molar-refractivity contribution in [3.63, 3.8) is 0 Å². The lowest BCUT2D eigenvalue weighted by Gasteiger charge is -2.14. The molecule has 104 valence electrons. The van der Waals surface area contributed by atoms with E-state index in [1.807, 2.05) is 0 Å². The van der Waals surface area contributed by atoms with Gasteiger partial charge in [-0.15, -0.1) is 0 Å². The average Bonchev–Trinajstić information content (AvgIpc) is 2.78. The maximum atomic E-state index is 13.3.